The van der Waals surface area contributed by atoms with Crippen LogP contribution < -0.4 is 5.73 Å². The van der Waals surface area contributed by atoms with Crippen LogP contribution in [0, 0.1) is 11.8 Å². The Kier molecular flexibility index (Phi) is 4.59. The van der Waals surface area contributed by atoms with E-state index in [2.05, 4.69) is 35.2 Å². The minimum atomic E-state index is 0.197. The zero-order chi connectivity index (χ0) is 14.7. The van der Waals surface area contributed by atoms with Gasteiger partial charge in [0.15, 0.2) is 0 Å². The second-order valence-electron chi connectivity index (χ2n) is 6.54. The summed E-state index contributed by atoms with van der Waals surface area (Å²) >= 11 is 0. The summed E-state index contributed by atoms with van der Waals surface area (Å²) in [7, 11) is 0. The lowest BCUT2D eigenvalue weighted by Gasteiger charge is -2.34. The van der Waals surface area contributed by atoms with Gasteiger partial charge in [-0.3, -0.25) is 4.79 Å². The summed E-state index contributed by atoms with van der Waals surface area (Å²) in [5.41, 5.74) is 7.24. The van der Waals surface area contributed by atoms with Crippen LogP contribution in [0.3, 0.4) is 0 Å². The number of benzene rings is 1. The highest BCUT2D eigenvalue weighted by Gasteiger charge is 2.35. The molecule has 1 heterocycles. The summed E-state index contributed by atoms with van der Waals surface area (Å²) < 4.78 is 0. The van der Waals surface area contributed by atoms with Gasteiger partial charge in [0.1, 0.15) is 0 Å². The highest BCUT2D eigenvalue weighted by atomic mass is 16.2. The first-order chi connectivity index (χ1) is 10.3. The number of hydrogen-bond donors (Lipinski definition) is 1. The van der Waals surface area contributed by atoms with Crippen LogP contribution in [0.4, 0.5) is 0 Å². The van der Waals surface area contributed by atoms with E-state index in [1.165, 1.54) is 12.0 Å². The molecule has 2 N–H and O–H groups in total. The predicted octanol–water partition coefficient (Wildman–Crippen LogP) is 2.77. The molecule has 0 unspecified atom stereocenters. The normalized spacial score (nSPS) is 27.0. The van der Waals surface area contributed by atoms with E-state index in [0.717, 1.165) is 38.8 Å². The largest absolute Gasteiger partial charge is 0.342 e. The molecule has 1 saturated heterocycles. The van der Waals surface area contributed by atoms with Crippen molar-refractivity contribution in [2.45, 2.75) is 38.0 Å². The predicted molar refractivity (Wildman–Crippen MR) is 84.9 cm³/mol. The van der Waals surface area contributed by atoms with Crippen LogP contribution in [0.2, 0.25) is 0 Å². The third-order valence-electron chi connectivity index (χ3n) is 5.36. The third kappa shape index (κ3) is 3.13. The molecular weight excluding hydrogens is 260 g/mol. The zero-order valence-corrected chi connectivity index (χ0v) is 12.7. The van der Waals surface area contributed by atoms with Crippen molar-refractivity contribution >= 4 is 5.91 Å². The highest BCUT2D eigenvalue weighted by molar-refractivity contribution is 5.79. The minimum absolute atomic E-state index is 0.197. The van der Waals surface area contributed by atoms with Gasteiger partial charge in [-0.2, -0.15) is 0 Å². The number of nitrogens with zero attached hydrogens (tertiary/aromatic N) is 1. The molecule has 0 aromatic heterocycles. The van der Waals surface area contributed by atoms with Crippen molar-refractivity contribution in [3.63, 3.8) is 0 Å². The molecule has 1 aliphatic carbocycles. The molecule has 3 heteroatoms. The maximum Gasteiger partial charge on any atom is 0.226 e. The first-order valence-corrected chi connectivity index (χ1v) is 8.33. The van der Waals surface area contributed by atoms with Crippen LogP contribution in [0.15, 0.2) is 30.3 Å². The standard InChI is InChI=1S/C18H26N2O/c19-13-16-7-4-8-17(16)18(21)20-11-9-15(10-12-20)14-5-2-1-3-6-14/h1-3,5-6,15-17H,4,7-13,19H2/t16-,17-/m1/s1. The first kappa shape index (κ1) is 14.6. The van der Waals surface area contributed by atoms with Gasteiger partial charge in [-0.25, -0.2) is 0 Å². The fraction of sp³-hybridized carbons (Fsp3) is 0.611. The Bertz CT molecular complexity index is 465. The van der Waals surface area contributed by atoms with Gasteiger partial charge in [-0.15, -0.1) is 0 Å². The number of likely N-dealkylation sites (tertiary alicyclic amines) is 1. The molecule has 3 nitrogen and oxygen atoms in total. The Balaban J connectivity index is 1.57. The molecule has 1 aromatic rings. The van der Waals surface area contributed by atoms with Crippen LogP contribution in [-0.4, -0.2) is 30.4 Å². The van der Waals surface area contributed by atoms with Crippen LogP contribution in [0.25, 0.3) is 0 Å². The van der Waals surface area contributed by atoms with Gasteiger partial charge in [0.2, 0.25) is 5.91 Å². The molecule has 2 atom stereocenters. The molecule has 1 aromatic carbocycles. The molecule has 0 radical (unpaired) electrons. The molecule has 21 heavy (non-hydrogen) atoms. The summed E-state index contributed by atoms with van der Waals surface area (Å²) in [5.74, 6) is 1.60. The van der Waals surface area contributed by atoms with Gasteiger partial charge in [0.25, 0.3) is 0 Å². The quantitative estimate of drug-likeness (QED) is 0.928. The van der Waals surface area contributed by atoms with E-state index in [9.17, 15) is 4.79 Å². The number of amides is 1. The molecule has 114 valence electrons. The summed E-state index contributed by atoms with van der Waals surface area (Å²) in [6.45, 7) is 2.48. The highest BCUT2D eigenvalue weighted by Crippen LogP contribution is 2.34. The van der Waals surface area contributed by atoms with E-state index < -0.39 is 0 Å². The van der Waals surface area contributed by atoms with E-state index >= 15 is 0 Å². The second kappa shape index (κ2) is 6.61. The lowest BCUT2D eigenvalue weighted by molar-refractivity contribution is -0.137. The summed E-state index contributed by atoms with van der Waals surface area (Å²) in [4.78, 5) is 14.8. The van der Waals surface area contributed by atoms with Crippen molar-refractivity contribution in [1.29, 1.82) is 0 Å². The maximum atomic E-state index is 12.7. The molecule has 1 saturated carbocycles. The van der Waals surface area contributed by atoms with Gasteiger partial charge >= 0.3 is 0 Å². The summed E-state index contributed by atoms with van der Waals surface area (Å²) in [5, 5.41) is 0. The molecule has 0 spiro atoms. The molecule has 0 bridgehead atoms. The first-order valence-electron chi connectivity index (χ1n) is 8.33. The van der Waals surface area contributed by atoms with Crippen molar-refractivity contribution in [3.8, 4) is 0 Å². The number of nitrogens with two attached hydrogens (primary N) is 1. The summed E-state index contributed by atoms with van der Waals surface area (Å²) in [6, 6.07) is 10.7. The molecule has 1 aliphatic heterocycles. The lowest BCUT2D eigenvalue weighted by atomic mass is 9.88. The van der Waals surface area contributed by atoms with Gasteiger partial charge in [-0.05, 0) is 49.6 Å². The monoisotopic (exact) mass is 286 g/mol. The van der Waals surface area contributed by atoms with Crippen molar-refractivity contribution in [1.82, 2.24) is 4.90 Å². The number of carbonyl (C=O) groups is 1. The Morgan fingerprint density at radius 3 is 2.48 bits per heavy atom. The Hall–Kier alpha value is -1.35. The topological polar surface area (TPSA) is 46.3 Å². The van der Waals surface area contributed by atoms with E-state index in [1.54, 1.807) is 0 Å². The van der Waals surface area contributed by atoms with Crippen LogP contribution >= 0.6 is 0 Å². The van der Waals surface area contributed by atoms with Crippen molar-refractivity contribution in [2.75, 3.05) is 19.6 Å². The zero-order valence-electron chi connectivity index (χ0n) is 12.7. The smallest absolute Gasteiger partial charge is 0.226 e. The van der Waals surface area contributed by atoms with Gasteiger partial charge in [0, 0.05) is 19.0 Å². The minimum Gasteiger partial charge on any atom is -0.342 e. The molecule has 2 aliphatic rings. The fourth-order valence-electron chi connectivity index (χ4n) is 4.04. The maximum absolute atomic E-state index is 12.7. The molecular formula is C18H26N2O. The van der Waals surface area contributed by atoms with E-state index in [0.29, 0.717) is 24.3 Å². The number of carbonyl (C=O) groups excluding carboxylic acids is 1. The van der Waals surface area contributed by atoms with Crippen LogP contribution in [0.5, 0.6) is 0 Å². The van der Waals surface area contributed by atoms with Crippen LogP contribution in [-0.2, 0) is 4.79 Å². The number of rotatable bonds is 3. The average Bonchev–Trinajstić information content (AvgIpc) is 3.04. The van der Waals surface area contributed by atoms with Crippen molar-refractivity contribution < 1.29 is 4.79 Å². The third-order valence-corrected chi connectivity index (χ3v) is 5.36. The fourth-order valence-corrected chi connectivity index (χ4v) is 4.04. The number of piperidine rings is 1. The lowest BCUT2D eigenvalue weighted by Crippen LogP contribution is -2.43. The van der Waals surface area contributed by atoms with Crippen LogP contribution in [0.1, 0.15) is 43.6 Å². The van der Waals surface area contributed by atoms with E-state index in [-0.39, 0.29) is 5.92 Å². The Morgan fingerprint density at radius 1 is 1.10 bits per heavy atom. The second-order valence-corrected chi connectivity index (χ2v) is 6.54. The van der Waals surface area contributed by atoms with Crippen molar-refractivity contribution in [3.05, 3.63) is 35.9 Å². The van der Waals surface area contributed by atoms with Gasteiger partial charge < -0.3 is 10.6 Å². The Labute approximate surface area is 127 Å². The molecule has 1 amide bonds. The van der Waals surface area contributed by atoms with Gasteiger partial charge in [0.05, 0.1) is 0 Å². The molecule has 2 fully saturated rings. The summed E-state index contributed by atoms with van der Waals surface area (Å²) in [6.07, 6.45) is 5.52. The number of hydrogen-bond acceptors (Lipinski definition) is 2. The average molecular weight is 286 g/mol. The van der Waals surface area contributed by atoms with Crippen molar-refractivity contribution in [2.24, 2.45) is 17.6 Å². The van der Waals surface area contributed by atoms with Gasteiger partial charge in [-0.1, -0.05) is 36.8 Å². The van der Waals surface area contributed by atoms with E-state index in [4.69, 9.17) is 5.73 Å². The SMILES string of the molecule is NC[C@H]1CCC[C@H]1C(=O)N1CCC(c2ccccc2)CC1. The molecule has 3 rings (SSSR count). The Morgan fingerprint density at radius 2 is 1.81 bits per heavy atom. The van der Waals surface area contributed by atoms with E-state index in [1.807, 2.05) is 0 Å².